The number of hydrogen-bond donors (Lipinski definition) is 5. The lowest BCUT2D eigenvalue weighted by molar-refractivity contribution is -0.120. The van der Waals surface area contributed by atoms with Crippen LogP contribution in [0.4, 0.5) is 19.4 Å². The molecule has 5 aliphatic rings. The number of anilines is 1. The number of benzene rings is 4. The number of carbonyl (C=O) groups excluding carboxylic acids is 3. The van der Waals surface area contributed by atoms with Crippen molar-refractivity contribution >= 4 is 34.6 Å². The first kappa shape index (κ1) is 53.4. The molecule has 10 rings (SSSR count). The summed E-state index contributed by atoms with van der Waals surface area (Å²) in [6.07, 6.45) is 7.45. The Hall–Kier alpha value is -5.98. The second-order valence-corrected chi connectivity index (χ2v) is 22.8. The van der Waals surface area contributed by atoms with E-state index in [0.717, 1.165) is 101 Å². The lowest BCUT2D eigenvalue weighted by Gasteiger charge is -2.46. The molecule has 5 heterocycles. The largest absolute Gasteiger partial charge is 0.488 e. The number of hydrogen-bond acceptors (Lipinski definition) is 11. The maximum Gasteiger partial charge on any atom is 0.329 e. The first-order chi connectivity index (χ1) is 36.5. The number of urea groups is 1. The highest BCUT2D eigenvalue weighted by molar-refractivity contribution is 6.09. The minimum absolute atomic E-state index is 0.120. The molecular weight excluding hydrogens is 971 g/mol. The summed E-state index contributed by atoms with van der Waals surface area (Å²) in [5.74, 6) is -1.28. The summed E-state index contributed by atoms with van der Waals surface area (Å²) < 4.78 is 46.9. The maximum atomic E-state index is 16.6. The third kappa shape index (κ3) is 10.2. The summed E-state index contributed by atoms with van der Waals surface area (Å²) in [5, 5.41) is 33.1. The van der Waals surface area contributed by atoms with Crippen molar-refractivity contribution in [2.75, 3.05) is 63.9 Å². The van der Waals surface area contributed by atoms with Gasteiger partial charge in [0.15, 0.2) is 23.0 Å². The van der Waals surface area contributed by atoms with Gasteiger partial charge in [-0.1, -0.05) is 57.2 Å². The third-order valence-corrected chi connectivity index (χ3v) is 17.9. The molecule has 76 heavy (non-hydrogen) atoms. The van der Waals surface area contributed by atoms with Crippen molar-refractivity contribution < 1.29 is 42.9 Å². The molecular formula is C59H74F2N8O7. The summed E-state index contributed by atoms with van der Waals surface area (Å²) in [4.78, 5) is 43.7. The number of likely N-dealkylation sites (tertiary alicyclic amines) is 2. The van der Waals surface area contributed by atoms with Gasteiger partial charge in [0, 0.05) is 80.7 Å². The first-order valence-corrected chi connectivity index (χ1v) is 27.4. The van der Waals surface area contributed by atoms with Gasteiger partial charge in [-0.2, -0.15) is 5.10 Å². The average molecular weight is 1050 g/mol. The molecule has 4 aliphatic heterocycles. The number of nitrogens with zero attached hydrogens (tertiary/aromatic N) is 5. The molecule has 1 aliphatic carbocycles. The summed E-state index contributed by atoms with van der Waals surface area (Å²) >= 11 is 0. The van der Waals surface area contributed by atoms with Crippen LogP contribution in [0.3, 0.4) is 0 Å². The van der Waals surface area contributed by atoms with Gasteiger partial charge in [0.05, 0.1) is 17.7 Å². The van der Waals surface area contributed by atoms with Gasteiger partial charge in [0.25, 0.3) is 0 Å². The number of fused-ring (bicyclic) bond motifs is 2. The number of nitrogens with one attached hydrogen (secondary N) is 2. The molecule has 3 atom stereocenters. The van der Waals surface area contributed by atoms with Crippen LogP contribution in [-0.2, 0) is 17.4 Å². The van der Waals surface area contributed by atoms with Gasteiger partial charge in [-0.3, -0.25) is 29.4 Å². The fourth-order valence-corrected chi connectivity index (χ4v) is 13.5. The summed E-state index contributed by atoms with van der Waals surface area (Å²) in [5.41, 5.74) is 8.68. The smallest absolute Gasteiger partial charge is 0.329 e. The predicted molar refractivity (Wildman–Crippen MR) is 287 cm³/mol. The van der Waals surface area contributed by atoms with Crippen LogP contribution in [0.2, 0.25) is 0 Å². The Morgan fingerprint density at radius 1 is 0.961 bits per heavy atom. The van der Waals surface area contributed by atoms with Crippen LogP contribution >= 0.6 is 0 Å². The number of imide groups is 1. The molecule has 406 valence electrons. The van der Waals surface area contributed by atoms with E-state index >= 15 is 8.78 Å². The molecule has 3 unspecified atom stereocenters. The van der Waals surface area contributed by atoms with Gasteiger partial charge in [-0.15, -0.1) is 0 Å². The molecule has 6 N–H and O–H groups in total. The Morgan fingerprint density at radius 3 is 2.37 bits per heavy atom. The van der Waals surface area contributed by atoms with Gasteiger partial charge in [0.2, 0.25) is 11.8 Å². The fourth-order valence-electron chi connectivity index (χ4n) is 13.5. The molecule has 1 saturated carbocycles. The van der Waals surface area contributed by atoms with Gasteiger partial charge in [-0.05, 0) is 141 Å². The molecule has 1 aromatic heterocycles. The van der Waals surface area contributed by atoms with Crippen LogP contribution < -0.4 is 30.7 Å². The lowest BCUT2D eigenvalue weighted by Crippen LogP contribution is -2.51. The summed E-state index contributed by atoms with van der Waals surface area (Å²) in [6.45, 7) is 13.4. The molecule has 4 aromatic carbocycles. The molecule has 0 bridgehead atoms. The number of aryl methyl sites for hydroxylation is 1. The van der Waals surface area contributed by atoms with E-state index in [-0.39, 0.29) is 76.7 Å². The Bertz CT molecular complexity index is 2960. The molecule has 4 amide bonds. The number of piperidine rings is 2. The summed E-state index contributed by atoms with van der Waals surface area (Å²) in [6, 6.07) is 20.0. The minimum atomic E-state index is -1.03. The van der Waals surface area contributed by atoms with Crippen molar-refractivity contribution in [3.8, 4) is 22.6 Å². The van der Waals surface area contributed by atoms with Gasteiger partial charge >= 0.3 is 6.03 Å². The summed E-state index contributed by atoms with van der Waals surface area (Å²) in [7, 11) is 1.90. The number of nitrogens with two attached hydrogens (primary N) is 1. The number of carbonyl (C=O) groups is 3. The van der Waals surface area contributed by atoms with E-state index in [1.165, 1.54) is 23.8 Å². The van der Waals surface area contributed by atoms with Crippen molar-refractivity contribution in [2.24, 2.45) is 30.0 Å². The van der Waals surface area contributed by atoms with Gasteiger partial charge in [-0.25, -0.2) is 13.6 Å². The quantitative estimate of drug-likeness (QED) is 0.0641. The highest BCUT2D eigenvalue weighted by atomic mass is 19.1. The second-order valence-electron chi connectivity index (χ2n) is 22.8. The molecule has 17 heteroatoms. The highest BCUT2D eigenvalue weighted by Crippen LogP contribution is 2.56. The normalized spacial score (nSPS) is 23.6. The van der Waals surface area contributed by atoms with E-state index in [1.807, 2.05) is 49.0 Å². The Morgan fingerprint density at radius 2 is 1.68 bits per heavy atom. The van der Waals surface area contributed by atoms with E-state index in [9.17, 15) is 24.6 Å². The van der Waals surface area contributed by atoms with Crippen LogP contribution in [0.25, 0.3) is 22.0 Å². The van der Waals surface area contributed by atoms with Crippen LogP contribution in [0.1, 0.15) is 123 Å². The Labute approximate surface area is 444 Å². The zero-order valence-electron chi connectivity index (χ0n) is 44.5. The topological polar surface area (TPSA) is 188 Å². The number of aliphatic hydroxyl groups excluding tert-OH is 2. The van der Waals surface area contributed by atoms with Gasteiger partial charge < -0.3 is 35.6 Å². The fraction of sp³-hybridized carbons (Fsp3) is 0.525. The number of aromatic nitrogens is 2. The van der Waals surface area contributed by atoms with Crippen molar-refractivity contribution in [2.45, 2.75) is 115 Å². The third-order valence-electron chi connectivity index (χ3n) is 17.9. The number of primary amides is 1. The standard InChI is InChI=1S/C59H74F2N8O7/c1-35-45(60)32-48-51(50(35)52-44(54(62)72)17-18-47(53(52)61)75-30-29-70)36(2)59(76-48,41-9-7-6-8-10-41)33-63-42-14-11-38(12-15-42)56(73)68-26-21-40(22-27-68)58(3,4)34-67-24-19-37(20-25-67)39-13-16-43-46(31-39)66(5)65-55(43)69-28-23-49(71)64-57(69)74/h6-10,13,16-18,31-32,36-38,40,42,56,63,70,73H,11-12,14-15,19-30,33-34H2,1-5H3,(H2,62,72)(H,64,71,74). The predicted octanol–water partition coefficient (Wildman–Crippen LogP) is 8.22. The lowest BCUT2D eigenvalue weighted by atomic mass is 9.72. The Kier molecular flexibility index (Phi) is 15.3. The molecule has 3 saturated heterocycles. The van der Waals surface area contributed by atoms with E-state index in [2.05, 4.69) is 57.6 Å². The average Bonchev–Trinajstić information content (AvgIpc) is 3.94. The molecule has 5 aromatic rings. The van der Waals surface area contributed by atoms with Crippen molar-refractivity contribution in [3.05, 3.63) is 106 Å². The number of aliphatic hydroxyl groups is 2. The monoisotopic (exact) mass is 1040 g/mol. The maximum absolute atomic E-state index is 16.6. The minimum Gasteiger partial charge on any atom is -0.488 e. The van der Waals surface area contributed by atoms with Crippen LogP contribution in [0.15, 0.2) is 66.7 Å². The van der Waals surface area contributed by atoms with E-state index in [1.54, 1.807) is 11.8 Å². The van der Waals surface area contributed by atoms with Crippen molar-refractivity contribution in [1.82, 2.24) is 30.2 Å². The SMILES string of the molecule is Cc1c(F)cc2c(c1-c1c(C(N)=O)ccc(OCCO)c1F)C(C)C(CNC1CCC(C(O)N3CCC(C(C)(C)CN4CCC(c5ccc6c(N7CCC(=O)NC7=O)nn(C)c6c5)CC4)CC3)CC1)(c1ccccc1)O2. The van der Waals surface area contributed by atoms with Crippen LogP contribution in [0.5, 0.6) is 11.5 Å². The molecule has 4 fully saturated rings. The van der Waals surface area contributed by atoms with E-state index in [0.29, 0.717) is 36.3 Å². The number of halogens is 2. The molecule has 15 nitrogen and oxygen atoms in total. The van der Waals surface area contributed by atoms with E-state index in [4.69, 9.17) is 15.2 Å². The highest BCUT2D eigenvalue weighted by Gasteiger charge is 2.50. The van der Waals surface area contributed by atoms with Crippen LogP contribution in [-0.4, -0.2) is 119 Å². The first-order valence-electron chi connectivity index (χ1n) is 27.4. The van der Waals surface area contributed by atoms with Crippen molar-refractivity contribution in [3.63, 3.8) is 0 Å². The van der Waals surface area contributed by atoms with Gasteiger partial charge in [0.1, 0.15) is 24.4 Å². The number of amides is 4. The van der Waals surface area contributed by atoms with Crippen molar-refractivity contribution in [1.29, 1.82) is 0 Å². The number of rotatable bonds is 16. The Balaban J connectivity index is 0.732. The molecule has 0 spiro atoms. The molecule has 0 radical (unpaired) electrons. The zero-order valence-corrected chi connectivity index (χ0v) is 44.5. The zero-order chi connectivity index (χ0) is 53.6. The van der Waals surface area contributed by atoms with Crippen LogP contribution in [0, 0.1) is 35.8 Å². The second kappa shape index (κ2) is 21.8. The van der Waals surface area contributed by atoms with E-state index < -0.39 is 41.3 Å². The number of ether oxygens (including phenoxy) is 2.